The third-order valence-electron chi connectivity index (χ3n) is 4.25. The van der Waals surface area contributed by atoms with E-state index in [4.69, 9.17) is 0 Å². The monoisotopic (exact) mass is 311 g/mol. The first-order valence-corrected chi connectivity index (χ1v) is 7.79. The summed E-state index contributed by atoms with van der Waals surface area (Å²) >= 11 is 0. The molecule has 1 aliphatic heterocycles. The van der Waals surface area contributed by atoms with Crippen LogP contribution in [0, 0.1) is 5.95 Å². The summed E-state index contributed by atoms with van der Waals surface area (Å²) in [6.07, 6.45) is 5.62. The lowest BCUT2D eigenvalue weighted by Crippen LogP contribution is -2.46. The lowest BCUT2D eigenvalue weighted by Gasteiger charge is -2.35. The Bertz CT molecular complexity index is 774. The number of hydrogen-bond acceptors (Lipinski definition) is 4. The van der Waals surface area contributed by atoms with Crippen LogP contribution in [0.4, 0.5) is 10.1 Å². The van der Waals surface area contributed by atoms with Gasteiger partial charge in [0.25, 0.3) is 0 Å². The molecular formula is C17H18FN5. The van der Waals surface area contributed by atoms with E-state index >= 15 is 0 Å². The van der Waals surface area contributed by atoms with Gasteiger partial charge in [-0.2, -0.15) is 4.39 Å². The van der Waals surface area contributed by atoms with Crippen molar-refractivity contribution in [2.45, 2.75) is 6.54 Å². The van der Waals surface area contributed by atoms with Crippen molar-refractivity contribution < 1.29 is 4.39 Å². The summed E-state index contributed by atoms with van der Waals surface area (Å²) in [5, 5.41) is 0. The number of aromatic nitrogens is 3. The molecule has 3 aromatic rings. The minimum absolute atomic E-state index is 0.422. The van der Waals surface area contributed by atoms with E-state index in [1.807, 2.05) is 34.9 Å². The van der Waals surface area contributed by atoms with Crippen LogP contribution in [-0.2, 0) is 6.54 Å². The Balaban J connectivity index is 1.39. The third-order valence-corrected chi connectivity index (χ3v) is 4.25. The zero-order valence-electron chi connectivity index (χ0n) is 12.8. The number of pyridine rings is 2. The highest BCUT2D eigenvalue weighted by atomic mass is 19.1. The lowest BCUT2D eigenvalue weighted by atomic mass is 10.2. The predicted octanol–water partition coefficient (Wildman–Crippen LogP) is 2.19. The van der Waals surface area contributed by atoms with Gasteiger partial charge in [0, 0.05) is 63.1 Å². The van der Waals surface area contributed by atoms with Gasteiger partial charge in [-0.3, -0.25) is 4.90 Å². The maximum absolute atomic E-state index is 13.2. The van der Waals surface area contributed by atoms with E-state index in [0.717, 1.165) is 49.8 Å². The van der Waals surface area contributed by atoms with Crippen molar-refractivity contribution in [3.05, 3.63) is 60.6 Å². The molecule has 0 N–H and O–H groups in total. The Morgan fingerprint density at radius 3 is 2.74 bits per heavy atom. The van der Waals surface area contributed by atoms with Gasteiger partial charge in [-0.05, 0) is 18.2 Å². The Labute approximate surface area is 134 Å². The van der Waals surface area contributed by atoms with Gasteiger partial charge in [-0.25, -0.2) is 9.97 Å². The van der Waals surface area contributed by atoms with Crippen molar-refractivity contribution in [2.24, 2.45) is 0 Å². The van der Waals surface area contributed by atoms with Crippen molar-refractivity contribution in [3.8, 4) is 0 Å². The Morgan fingerprint density at radius 2 is 1.96 bits per heavy atom. The van der Waals surface area contributed by atoms with Gasteiger partial charge in [0.05, 0.1) is 5.69 Å². The van der Waals surface area contributed by atoms with Gasteiger partial charge in [0.15, 0.2) is 0 Å². The number of imidazole rings is 1. The maximum Gasteiger partial charge on any atom is 0.214 e. The normalized spacial score (nSPS) is 16.1. The van der Waals surface area contributed by atoms with E-state index in [0.29, 0.717) is 0 Å². The summed E-state index contributed by atoms with van der Waals surface area (Å²) in [5.41, 5.74) is 2.97. The lowest BCUT2D eigenvalue weighted by molar-refractivity contribution is 0.247. The standard InChI is InChI=1S/C17H18FN5/c18-16-11-15(4-5-19-16)22-9-7-21(8-10-22)12-14-13-23-6-2-1-3-17(23)20-14/h1-6,11,13H,7-10,12H2. The quantitative estimate of drug-likeness (QED) is 0.695. The molecule has 0 aliphatic carbocycles. The van der Waals surface area contributed by atoms with E-state index in [-0.39, 0.29) is 0 Å². The van der Waals surface area contributed by atoms with Gasteiger partial charge in [0.1, 0.15) is 5.65 Å². The summed E-state index contributed by atoms with van der Waals surface area (Å²) in [4.78, 5) is 12.8. The van der Waals surface area contributed by atoms with E-state index in [2.05, 4.69) is 26.0 Å². The number of rotatable bonds is 3. The molecule has 3 aromatic heterocycles. The topological polar surface area (TPSA) is 36.7 Å². The van der Waals surface area contributed by atoms with Crippen LogP contribution in [0.15, 0.2) is 48.9 Å². The van der Waals surface area contributed by atoms with Crippen LogP contribution in [0.2, 0.25) is 0 Å². The zero-order chi connectivity index (χ0) is 15.6. The molecule has 4 heterocycles. The number of halogens is 1. The molecule has 23 heavy (non-hydrogen) atoms. The van der Waals surface area contributed by atoms with Crippen LogP contribution in [0.25, 0.3) is 5.65 Å². The van der Waals surface area contributed by atoms with Gasteiger partial charge in [-0.15, -0.1) is 0 Å². The number of hydrogen-bond donors (Lipinski definition) is 0. The SMILES string of the molecule is Fc1cc(N2CCN(Cc3cn4ccccc4n3)CC2)ccn1. The summed E-state index contributed by atoms with van der Waals surface area (Å²) in [6, 6.07) is 9.38. The van der Waals surface area contributed by atoms with Crippen molar-refractivity contribution in [2.75, 3.05) is 31.1 Å². The first-order chi connectivity index (χ1) is 11.3. The van der Waals surface area contributed by atoms with Crippen LogP contribution < -0.4 is 4.90 Å². The highest BCUT2D eigenvalue weighted by Crippen LogP contribution is 2.17. The molecule has 118 valence electrons. The molecule has 6 heteroatoms. The van der Waals surface area contributed by atoms with Gasteiger partial charge >= 0.3 is 0 Å². The van der Waals surface area contributed by atoms with Crippen molar-refractivity contribution in [1.82, 2.24) is 19.3 Å². The first-order valence-electron chi connectivity index (χ1n) is 7.79. The van der Waals surface area contributed by atoms with Crippen molar-refractivity contribution >= 4 is 11.3 Å². The van der Waals surface area contributed by atoms with Crippen LogP contribution >= 0.6 is 0 Å². The van der Waals surface area contributed by atoms with Crippen molar-refractivity contribution in [3.63, 3.8) is 0 Å². The number of piperazine rings is 1. The average molecular weight is 311 g/mol. The van der Waals surface area contributed by atoms with Crippen LogP contribution in [0.1, 0.15) is 5.69 Å². The maximum atomic E-state index is 13.2. The molecule has 4 rings (SSSR count). The molecule has 0 unspecified atom stereocenters. The highest BCUT2D eigenvalue weighted by molar-refractivity contribution is 5.45. The molecule has 1 saturated heterocycles. The second kappa shape index (κ2) is 5.96. The molecule has 1 fully saturated rings. The zero-order valence-corrected chi connectivity index (χ0v) is 12.8. The number of nitrogens with zero attached hydrogens (tertiary/aromatic N) is 5. The molecule has 5 nitrogen and oxygen atoms in total. The average Bonchev–Trinajstić information content (AvgIpc) is 2.98. The van der Waals surface area contributed by atoms with Crippen molar-refractivity contribution in [1.29, 1.82) is 0 Å². The minimum Gasteiger partial charge on any atom is -0.369 e. The summed E-state index contributed by atoms with van der Waals surface area (Å²) in [5.74, 6) is -0.422. The van der Waals surface area contributed by atoms with E-state index in [1.165, 1.54) is 12.3 Å². The molecule has 0 amide bonds. The summed E-state index contributed by atoms with van der Waals surface area (Å²) in [7, 11) is 0. The fraction of sp³-hybridized carbons (Fsp3) is 0.294. The second-order valence-electron chi connectivity index (χ2n) is 5.80. The fourth-order valence-electron chi connectivity index (χ4n) is 3.05. The van der Waals surface area contributed by atoms with Crippen LogP contribution in [-0.4, -0.2) is 45.4 Å². The summed E-state index contributed by atoms with van der Waals surface area (Å²) < 4.78 is 15.3. The van der Waals surface area contributed by atoms with Gasteiger partial charge < -0.3 is 9.30 Å². The molecule has 0 spiro atoms. The Kier molecular flexibility index (Phi) is 3.67. The molecule has 0 aromatic carbocycles. The Hall–Kier alpha value is -2.47. The molecular weight excluding hydrogens is 293 g/mol. The molecule has 0 atom stereocenters. The molecule has 0 bridgehead atoms. The minimum atomic E-state index is -0.422. The molecule has 0 saturated carbocycles. The van der Waals surface area contributed by atoms with Gasteiger partial charge in [0.2, 0.25) is 5.95 Å². The molecule has 0 radical (unpaired) electrons. The van der Waals surface area contributed by atoms with E-state index in [9.17, 15) is 4.39 Å². The first kappa shape index (κ1) is 14.1. The van der Waals surface area contributed by atoms with Crippen LogP contribution in [0.5, 0.6) is 0 Å². The van der Waals surface area contributed by atoms with E-state index < -0.39 is 5.95 Å². The van der Waals surface area contributed by atoms with Crippen LogP contribution in [0.3, 0.4) is 0 Å². The van der Waals surface area contributed by atoms with Gasteiger partial charge in [-0.1, -0.05) is 6.07 Å². The fourth-order valence-corrected chi connectivity index (χ4v) is 3.05. The number of anilines is 1. The predicted molar refractivity (Wildman–Crippen MR) is 86.9 cm³/mol. The van der Waals surface area contributed by atoms with E-state index in [1.54, 1.807) is 0 Å². The molecule has 1 aliphatic rings. The smallest absolute Gasteiger partial charge is 0.214 e. The largest absolute Gasteiger partial charge is 0.369 e. The summed E-state index contributed by atoms with van der Waals surface area (Å²) in [6.45, 7) is 4.50. The number of fused-ring (bicyclic) bond motifs is 1. The third kappa shape index (κ3) is 3.03. The second-order valence-corrected chi connectivity index (χ2v) is 5.80. The Morgan fingerprint density at radius 1 is 1.09 bits per heavy atom. The highest BCUT2D eigenvalue weighted by Gasteiger charge is 2.18.